The molecule has 0 spiro atoms. The smallest absolute Gasteiger partial charge is 0.240 e. The largest absolute Gasteiger partial charge is 0.397 e. The Labute approximate surface area is 125 Å². The van der Waals surface area contributed by atoms with Gasteiger partial charge in [-0.2, -0.15) is 0 Å². The van der Waals surface area contributed by atoms with Gasteiger partial charge in [0.05, 0.1) is 29.0 Å². The summed E-state index contributed by atoms with van der Waals surface area (Å²) in [6, 6.07) is 4.60. The molecule has 2 rings (SSSR count). The fourth-order valence-electron chi connectivity index (χ4n) is 2.19. The van der Waals surface area contributed by atoms with Crippen LogP contribution in [0.3, 0.4) is 0 Å². The van der Waals surface area contributed by atoms with Crippen molar-refractivity contribution < 1.29 is 13.2 Å². The van der Waals surface area contributed by atoms with Gasteiger partial charge in [0.1, 0.15) is 0 Å². The van der Waals surface area contributed by atoms with Gasteiger partial charge >= 0.3 is 0 Å². The van der Waals surface area contributed by atoms with Gasteiger partial charge in [-0.1, -0.05) is 0 Å². The van der Waals surface area contributed by atoms with E-state index in [1.54, 1.807) is 6.07 Å². The molecule has 1 fully saturated rings. The third kappa shape index (κ3) is 4.07. The lowest BCUT2D eigenvalue weighted by atomic mass is 10.2. The second-order valence-electron chi connectivity index (χ2n) is 5.09. The predicted octanol–water partition coefficient (Wildman–Crippen LogP) is -0.0806. The number of nitrogens with one attached hydrogen (secondary N) is 2. The molecule has 1 aliphatic heterocycles. The minimum Gasteiger partial charge on any atom is -0.397 e. The third-order valence-corrected chi connectivity index (χ3v) is 4.88. The molecule has 1 unspecified atom stereocenters. The average molecular weight is 314 g/mol. The molecule has 1 aromatic carbocycles. The summed E-state index contributed by atoms with van der Waals surface area (Å²) in [6.07, 6.45) is 0.0627. The summed E-state index contributed by atoms with van der Waals surface area (Å²) in [5.74, 6) is 0. The lowest BCUT2D eigenvalue weighted by Crippen LogP contribution is -2.43. The van der Waals surface area contributed by atoms with Gasteiger partial charge in [-0.05, 0) is 32.3 Å². The molecule has 1 heterocycles. The minimum atomic E-state index is -3.47. The van der Waals surface area contributed by atoms with Crippen LogP contribution in [-0.4, -0.2) is 59.8 Å². The molecule has 1 aliphatic rings. The van der Waals surface area contributed by atoms with Crippen LogP contribution >= 0.6 is 0 Å². The van der Waals surface area contributed by atoms with Gasteiger partial charge in [0.2, 0.25) is 10.0 Å². The van der Waals surface area contributed by atoms with Gasteiger partial charge < -0.3 is 20.7 Å². The topological polar surface area (TPSA) is 96.7 Å². The summed E-state index contributed by atoms with van der Waals surface area (Å²) in [4.78, 5) is 2.38. The molecular formula is C13H22N4O3S. The summed E-state index contributed by atoms with van der Waals surface area (Å²) in [6.45, 7) is 3.04. The highest BCUT2D eigenvalue weighted by Crippen LogP contribution is 2.23. The van der Waals surface area contributed by atoms with Gasteiger partial charge in [-0.3, -0.25) is 0 Å². The van der Waals surface area contributed by atoms with E-state index in [0.717, 1.165) is 13.1 Å². The maximum absolute atomic E-state index is 11.8. The molecule has 0 aromatic heterocycles. The van der Waals surface area contributed by atoms with Crippen LogP contribution in [0.4, 0.5) is 11.4 Å². The number of nitrogens with zero attached hydrogens (tertiary/aromatic N) is 1. The maximum atomic E-state index is 11.8. The Morgan fingerprint density at radius 3 is 2.90 bits per heavy atom. The van der Waals surface area contributed by atoms with Crippen LogP contribution in [0.2, 0.25) is 0 Å². The van der Waals surface area contributed by atoms with Gasteiger partial charge in [-0.15, -0.1) is 0 Å². The molecule has 0 radical (unpaired) electrons. The van der Waals surface area contributed by atoms with E-state index in [1.165, 1.54) is 19.2 Å². The molecule has 118 valence electrons. The average Bonchev–Trinajstić information content (AvgIpc) is 2.46. The first-order valence-electron chi connectivity index (χ1n) is 6.79. The molecule has 0 saturated carbocycles. The monoisotopic (exact) mass is 314 g/mol. The van der Waals surface area contributed by atoms with Crippen molar-refractivity contribution in [3.63, 3.8) is 0 Å². The van der Waals surface area contributed by atoms with E-state index in [4.69, 9.17) is 10.5 Å². The number of rotatable bonds is 5. The third-order valence-electron chi connectivity index (χ3n) is 3.47. The van der Waals surface area contributed by atoms with Crippen LogP contribution in [0.5, 0.6) is 0 Å². The lowest BCUT2D eigenvalue weighted by molar-refractivity contribution is -0.0117. The van der Waals surface area contributed by atoms with Crippen LogP contribution in [0, 0.1) is 0 Å². The van der Waals surface area contributed by atoms with Crippen molar-refractivity contribution in [3.8, 4) is 0 Å². The number of likely N-dealkylation sites (N-methyl/N-ethyl adjacent to an activating group) is 1. The maximum Gasteiger partial charge on any atom is 0.240 e. The molecule has 8 heteroatoms. The summed E-state index contributed by atoms with van der Waals surface area (Å²) < 4.78 is 31.5. The second kappa shape index (κ2) is 6.61. The highest BCUT2D eigenvalue weighted by Gasteiger charge is 2.18. The van der Waals surface area contributed by atoms with Crippen molar-refractivity contribution in [2.75, 3.05) is 51.4 Å². The molecule has 1 saturated heterocycles. The van der Waals surface area contributed by atoms with Crippen molar-refractivity contribution in [2.24, 2.45) is 0 Å². The summed E-state index contributed by atoms with van der Waals surface area (Å²) in [5, 5.41) is 3.17. The Morgan fingerprint density at radius 1 is 1.48 bits per heavy atom. The van der Waals surface area contributed by atoms with Crippen molar-refractivity contribution in [1.82, 2.24) is 9.62 Å². The summed E-state index contributed by atoms with van der Waals surface area (Å²) in [5.41, 5.74) is 7.00. The Hall–Kier alpha value is -1.35. The quantitative estimate of drug-likeness (QED) is 0.658. The zero-order valence-electron chi connectivity index (χ0n) is 12.3. The number of hydrogen-bond donors (Lipinski definition) is 3. The number of morpholine rings is 1. The first-order valence-corrected chi connectivity index (χ1v) is 8.28. The fraction of sp³-hybridized carbons (Fsp3) is 0.538. The minimum absolute atomic E-state index is 0.0627. The molecule has 7 nitrogen and oxygen atoms in total. The van der Waals surface area contributed by atoms with E-state index >= 15 is 0 Å². The van der Waals surface area contributed by atoms with Crippen LogP contribution in [0.25, 0.3) is 0 Å². The van der Waals surface area contributed by atoms with Gasteiger partial charge in [0, 0.05) is 19.6 Å². The Balaban J connectivity index is 2.07. The molecule has 0 amide bonds. The van der Waals surface area contributed by atoms with Gasteiger partial charge in [-0.25, -0.2) is 13.1 Å². The van der Waals surface area contributed by atoms with E-state index in [-0.39, 0.29) is 11.0 Å². The number of nitrogens with two attached hydrogens (primary N) is 1. The lowest BCUT2D eigenvalue weighted by Gasteiger charge is -2.30. The van der Waals surface area contributed by atoms with E-state index < -0.39 is 10.0 Å². The van der Waals surface area contributed by atoms with Crippen LogP contribution in [-0.2, 0) is 14.8 Å². The van der Waals surface area contributed by atoms with Gasteiger partial charge in [0.25, 0.3) is 0 Å². The number of nitrogen functional groups attached to an aromatic ring is 1. The number of ether oxygens (including phenoxy) is 1. The first kappa shape index (κ1) is 16.0. The number of anilines is 2. The Kier molecular flexibility index (Phi) is 5.04. The predicted molar refractivity (Wildman–Crippen MR) is 82.8 cm³/mol. The molecule has 0 aliphatic carbocycles. The number of sulfonamides is 1. The van der Waals surface area contributed by atoms with Crippen molar-refractivity contribution in [1.29, 1.82) is 0 Å². The van der Waals surface area contributed by atoms with Crippen LogP contribution in [0.1, 0.15) is 0 Å². The van der Waals surface area contributed by atoms with E-state index in [2.05, 4.69) is 14.9 Å². The Bertz CT molecular complexity index is 591. The standard InChI is InChI=1S/C13H22N4O3S/c1-15-21(18,19)11-3-4-12(14)13(7-11)16-8-10-9-17(2)5-6-20-10/h3-4,7,10,15-16H,5-6,8-9,14H2,1-2H3. The summed E-state index contributed by atoms with van der Waals surface area (Å²) in [7, 11) is -0.0493. The second-order valence-corrected chi connectivity index (χ2v) is 6.98. The van der Waals surface area contributed by atoms with Crippen molar-refractivity contribution in [2.45, 2.75) is 11.0 Å². The summed E-state index contributed by atoms with van der Waals surface area (Å²) >= 11 is 0. The zero-order valence-corrected chi connectivity index (χ0v) is 13.1. The molecular weight excluding hydrogens is 292 g/mol. The van der Waals surface area contributed by atoms with E-state index in [0.29, 0.717) is 24.5 Å². The number of hydrogen-bond acceptors (Lipinski definition) is 6. The van der Waals surface area contributed by atoms with E-state index in [9.17, 15) is 8.42 Å². The Morgan fingerprint density at radius 2 is 2.24 bits per heavy atom. The fourth-order valence-corrected chi connectivity index (χ4v) is 2.94. The molecule has 1 aromatic rings. The van der Waals surface area contributed by atoms with Gasteiger partial charge in [0.15, 0.2) is 0 Å². The normalized spacial score (nSPS) is 20.4. The van der Waals surface area contributed by atoms with Crippen molar-refractivity contribution >= 4 is 21.4 Å². The highest BCUT2D eigenvalue weighted by atomic mass is 32.2. The molecule has 1 atom stereocenters. The van der Waals surface area contributed by atoms with E-state index in [1.807, 2.05) is 7.05 Å². The highest BCUT2D eigenvalue weighted by molar-refractivity contribution is 7.89. The molecule has 0 bridgehead atoms. The molecule has 4 N–H and O–H groups in total. The van der Waals surface area contributed by atoms with Crippen LogP contribution < -0.4 is 15.8 Å². The molecule has 21 heavy (non-hydrogen) atoms. The van der Waals surface area contributed by atoms with Crippen LogP contribution in [0.15, 0.2) is 23.1 Å². The zero-order chi connectivity index (χ0) is 15.5. The first-order chi connectivity index (χ1) is 9.92. The number of benzene rings is 1. The SMILES string of the molecule is CNS(=O)(=O)c1ccc(N)c(NCC2CN(C)CCO2)c1. The van der Waals surface area contributed by atoms with Crippen molar-refractivity contribution in [3.05, 3.63) is 18.2 Å².